The Bertz CT molecular complexity index is 1290. The quantitative estimate of drug-likeness (QED) is 0.381. The number of piperazine rings is 1. The maximum atomic E-state index is 13.3. The Morgan fingerprint density at radius 2 is 1.53 bits per heavy atom. The number of rotatable bonds is 7. The average molecular weight is 480 g/mol. The second kappa shape index (κ2) is 10.1. The topological polar surface area (TPSA) is 101 Å². The van der Waals surface area contributed by atoms with E-state index in [1.165, 1.54) is 28.1 Å². The van der Waals surface area contributed by atoms with Gasteiger partial charge in [-0.2, -0.15) is 4.31 Å². The van der Waals surface area contributed by atoms with E-state index in [0.29, 0.717) is 5.56 Å². The molecular formula is C25H25N3O5S. The highest BCUT2D eigenvalue weighted by Crippen LogP contribution is 2.23. The third-order valence-electron chi connectivity index (χ3n) is 5.97. The summed E-state index contributed by atoms with van der Waals surface area (Å²) in [6, 6.07) is 22.6. The number of nitro groups is 1. The molecular weight excluding hydrogens is 454 g/mol. The van der Waals surface area contributed by atoms with Crippen LogP contribution in [0.4, 0.5) is 5.69 Å². The van der Waals surface area contributed by atoms with E-state index in [2.05, 4.69) is 12.1 Å². The SMILES string of the molecule is O=C(c1ccccc1CCc1ccccc1)N1CCN(S(=O)(=O)c2cccc([N+](=O)[O-])c2)CC1. The zero-order valence-electron chi connectivity index (χ0n) is 18.5. The molecule has 0 saturated carbocycles. The number of amides is 1. The van der Waals surface area contributed by atoms with Crippen LogP contribution in [-0.2, 0) is 22.9 Å². The zero-order valence-corrected chi connectivity index (χ0v) is 19.4. The molecule has 0 atom stereocenters. The van der Waals surface area contributed by atoms with Crippen molar-refractivity contribution in [3.8, 4) is 0 Å². The first kappa shape index (κ1) is 23.6. The molecule has 1 amide bonds. The first-order valence-electron chi connectivity index (χ1n) is 11.0. The maximum Gasteiger partial charge on any atom is 0.270 e. The minimum absolute atomic E-state index is 0.115. The lowest BCUT2D eigenvalue weighted by atomic mass is 9.99. The van der Waals surface area contributed by atoms with Gasteiger partial charge >= 0.3 is 0 Å². The zero-order chi connectivity index (χ0) is 24.1. The van der Waals surface area contributed by atoms with Crippen LogP contribution in [0.5, 0.6) is 0 Å². The van der Waals surface area contributed by atoms with Crippen LogP contribution in [0.1, 0.15) is 21.5 Å². The number of carbonyl (C=O) groups excluding carboxylic acids is 1. The van der Waals surface area contributed by atoms with Gasteiger partial charge < -0.3 is 4.90 Å². The van der Waals surface area contributed by atoms with E-state index in [1.54, 1.807) is 4.90 Å². The molecule has 1 saturated heterocycles. The number of hydrogen-bond acceptors (Lipinski definition) is 5. The normalized spacial score (nSPS) is 14.6. The molecule has 4 rings (SSSR count). The highest BCUT2D eigenvalue weighted by atomic mass is 32.2. The average Bonchev–Trinajstić information content (AvgIpc) is 2.88. The van der Waals surface area contributed by atoms with Crippen LogP contribution in [0.25, 0.3) is 0 Å². The van der Waals surface area contributed by atoms with Crippen molar-refractivity contribution in [2.24, 2.45) is 0 Å². The summed E-state index contributed by atoms with van der Waals surface area (Å²) in [6.45, 7) is 0.756. The molecule has 3 aromatic carbocycles. The first-order chi connectivity index (χ1) is 16.4. The summed E-state index contributed by atoms with van der Waals surface area (Å²) in [5.41, 5.74) is 2.52. The number of aryl methyl sites for hydroxylation is 2. The van der Waals surface area contributed by atoms with Gasteiger partial charge in [-0.15, -0.1) is 0 Å². The van der Waals surface area contributed by atoms with Gasteiger partial charge in [-0.1, -0.05) is 54.6 Å². The van der Waals surface area contributed by atoms with E-state index in [0.717, 1.165) is 24.5 Å². The molecule has 9 heteroatoms. The molecule has 0 aromatic heterocycles. The molecule has 0 unspecified atom stereocenters. The predicted octanol–water partition coefficient (Wildman–Crippen LogP) is 3.53. The fourth-order valence-electron chi connectivity index (χ4n) is 4.08. The number of carbonyl (C=O) groups is 1. The van der Waals surface area contributed by atoms with Crippen LogP contribution in [0.3, 0.4) is 0 Å². The minimum atomic E-state index is -3.89. The van der Waals surface area contributed by atoms with E-state index in [4.69, 9.17) is 0 Å². The van der Waals surface area contributed by atoms with Crippen molar-refractivity contribution in [2.75, 3.05) is 26.2 Å². The molecule has 0 radical (unpaired) electrons. The van der Waals surface area contributed by atoms with Crippen molar-refractivity contribution in [3.63, 3.8) is 0 Å². The number of nitrogens with zero attached hydrogens (tertiary/aromatic N) is 3. The Hall–Kier alpha value is -3.56. The Kier molecular flexibility index (Phi) is 7.04. The van der Waals surface area contributed by atoms with Gasteiger partial charge in [0.1, 0.15) is 0 Å². The van der Waals surface area contributed by atoms with Crippen LogP contribution < -0.4 is 0 Å². The molecule has 34 heavy (non-hydrogen) atoms. The van der Waals surface area contributed by atoms with Crippen molar-refractivity contribution in [2.45, 2.75) is 17.7 Å². The second-order valence-corrected chi connectivity index (χ2v) is 10.0. The number of sulfonamides is 1. The third-order valence-corrected chi connectivity index (χ3v) is 7.86. The summed E-state index contributed by atoms with van der Waals surface area (Å²) in [4.78, 5) is 25.2. The number of non-ortho nitro benzene ring substituents is 1. The lowest BCUT2D eigenvalue weighted by Gasteiger charge is -2.34. The van der Waals surface area contributed by atoms with E-state index in [9.17, 15) is 23.3 Å². The highest BCUT2D eigenvalue weighted by Gasteiger charge is 2.31. The van der Waals surface area contributed by atoms with Crippen LogP contribution in [-0.4, -0.2) is 54.6 Å². The van der Waals surface area contributed by atoms with E-state index < -0.39 is 14.9 Å². The highest BCUT2D eigenvalue weighted by molar-refractivity contribution is 7.89. The summed E-state index contributed by atoms with van der Waals surface area (Å²) in [5, 5.41) is 11.0. The molecule has 176 valence electrons. The van der Waals surface area contributed by atoms with Gasteiger partial charge in [-0.05, 0) is 36.1 Å². The standard InChI is InChI=1S/C25H25N3O5S/c29-25(24-12-5-4-9-21(24)14-13-20-7-2-1-3-8-20)26-15-17-27(18-16-26)34(32,33)23-11-6-10-22(19-23)28(30)31/h1-12,19H,13-18H2. The molecule has 1 fully saturated rings. The van der Waals surface area contributed by atoms with Gasteiger partial charge in [-0.25, -0.2) is 8.42 Å². The van der Waals surface area contributed by atoms with Crippen LogP contribution in [0.2, 0.25) is 0 Å². The lowest BCUT2D eigenvalue weighted by molar-refractivity contribution is -0.385. The molecule has 0 N–H and O–H groups in total. The van der Waals surface area contributed by atoms with Gasteiger partial charge in [0.05, 0.1) is 9.82 Å². The minimum Gasteiger partial charge on any atom is -0.336 e. The van der Waals surface area contributed by atoms with Crippen molar-refractivity contribution in [1.29, 1.82) is 0 Å². The summed E-state index contributed by atoms with van der Waals surface area (Å²) in [5.74, 6) is -0.115. The van der Waals surface area contributed by atoms with E-state index in [-0.39, 0.29) is 42.7 Å². The van der Waals surface area contributed by atoms with Crippen LogP contribution >= 0.6 is 0 Å². The molecule has 1 aliphatic rings. The Balaban J connectivity index is 1.43. The fourth-order valence-corrected chi connectivity index (χ4v) is 5.54. The summed E-state index contributed by atoms with van der Waals surface area (Å²) in [6.07, 6.45) is 1.55. The van der Waals surface area contributed by atoms with Crippen LogP contribution in [0.15, 0.2) is 83.8 Å². The Morgan fingerprint density at radius 3 is 2.24 bits per heavy atom. The molecule has 0 bridgehead atoms. The van der Waals surface area contributed by atoms with E-state index in [1.807, 2.05) is 42.5 Å². The first-order valence-corrected chi connectivity index (χ1v) is 12.5. The van der Waals surface area contributed by atoms with E-state index >= 15 is 0 Å². The van der Waals surface area contributed by atoms with Gasteiger partial charge in [0, 0.05) is 43.9 Å². The maximum absolute atomic E-state index is 13.3. The predicted molar refractivity (Wildman–Crippen MR) is 128 cm³/mol. The molecule has 3 aromatic rings. The smallest absolute Gasteiger partial charge is 0.270 e. The Morgan fingerprint density at radius 1 is 0.853 bits per heavy atom. The molecule has 0 aliphatic carbocycles. The molecule has 1 heterocycles. The van der Waals surface area contributed by atoms with Gasteiger partial charge in [-0.3, -0.25) is 14.9 Å². The van der Waals surface area contributed by atoms with Gasteiger partial charge in [0.15, 0.2) is 0 Å². The molecule has 8 nitrogen and oxygen atoms in total. The number of nitro benzene ring substituents is 1. The van der Waals surface area contributed by atoms with Crippen molar-refractivity contribution >= 4 is 21.6 Å². The Labute approximate surface area is 198 Å². The third kappa shape index (κ3) is 5.16. The van der Waals surface area contributed by atoms with Gasteiger partial charge in [0.25, 0.3) is 11.6 Å². The summed E-state index contributed by atoms with van der Waals surface area (Å²) >= 11 is 0. The second-order valence-electron chi connectivity index (χ2n) is 8.09. The van der Waals surface area contributed by atoms with Crippen molar-refractivity contribution in [1.82, 2.24) is 9.21 Å². The molecule has 1 aliphatic heterocycles. The number of hydrogen-bond donors (Lipinski definition) is 0. The largest absolute Gasteiger partial charge is 0.336 e. The summed E-state index contributed by atoms with van der Waals surface area (Å²) in [7, 11) is -3.89. The van der Waals surface area contributed by atoms with Gasteiger partial charge in [0.2, 0.25) is 10.0 Å². The lowest BCUT2D eigenvalue weighted by Crippen LogP contribution is -2.50. The van der Waals surface area contributed by atoms with Crippen LogP contribution in [0, 0.1) is 10.1 Å². The number of benzene rings is 3. The van der Waals surface area contributed by atoms with Crippen molar-refractivity contribution < 1.29 is 18.1 Å². The fraction of sp³-hybridized carbons (Fsp3) is 0.240. The molecule has 0 spiro atoms. The van der Waals surface area contributed by atoms with Crippen molar-refractivity contribution in [3.05, 3.63) is 106 Å². The monoisotopic (exact) mass is 479 g/mol. The summed E-state index contributed by atoms with van der Waals surface area (Å²) < 4.78 is 27.2.